The summed E-state index contributed by atoms with van der Waals surface area (Å²) < 4.78 is 10.4. The van der Waals surface area contributed by atoms with E-state index in [0.717, 1.165) is 32.8 Å². The molecule has 4 nitrogen and oxygen atoms in total. The minimum atomic E-state index is -0.352. The Morgan fingerprint density at radius 1 is 0.735 bits per heavy atom. The van der Waals surface area contributed by atoms with Crippen LogP contribution in [0.5, 0.6) is 0 Å². The number of hydrogen-bond donors (Lipinski definition) is 0. The van der Waals surface area contributed by atoms with Crippen LogP contribution in [0, 0.1) is 0 Å². The van der Waals surface area contributed by atoms with Crippen molar-refractivity contribution in [1.82, 2.24) is 0 Å². The van der Waals surface area contributed by atoms with Crippen LogP contribution in [-0.2, 0) is 31.9 Å². The SMILES string of the molecule is CCOC(=O)CCc1ccc2ccc(CCOC(=O)C=Cc3ccc4ccccc4c3)cc2c1. The highest BCUT2D eigenvalue weighted by molar-refractivity contribution is 5.89. The van der Waals surface area contributed by atoms with Crippen molar-refractivity contribution in [2.75, 3.05) is 13.2 Å². The molecular formula is C30H28O4. The van der Waals surface area contributed by atoms with Crippen molar-refractivity contribution in [3.63, 3.8) is 0 Å². The predicted octanol–water partition coefficient (Wildman–Crippen LogP) is 6.29. The number of hydrogen-bond acceptors (Lipinski definition) is 4. The molecule has 0 saturated heterocycles. The summed E-state index contributed by atoms with van der Waals surface area (Å²) >= 11 is 0. The van der Waals surface area contributed by atoms with Crippen LogP contribution in [0.15, 0.2) is 84.9 Å². The van der Waals surface area contributed by atoms with E-state index in [0.29, 0.717) is 32.5 Å². The summed E-state index contributed by atoms with van der Waals surface area (Å²) in [6, 6.07) is 26.7. The Labute approximate surface area is 199 Å². The molecule has 0 radical (unpaired) electrons. The maximum Gasteiger partial charge on any atom is 0.330 e. The lowest BCUT2D eigenvalue weighted by Crippen LogP contribution is -2.05. The quantitative estimate of drug-likeness (QED) is 0.221. The third kappa shape index (κ3) is 6.32. The van der Waals surface area contributed by atoms with Crippen LogP contribution in [0.4, 0.5) is 0 Å². The van der Waals surface area contributed by atoms with Crippen molar-refractivity contribution in [3.05, 3.63) is 102 Å². The Bertz CT molecular complexity index is 1340. The van der Waals surface area contributed by atoms with Gasteiger partial charge in [0, 0.05) is 18.9 Å². The highest BCUT2D eigenvalue weighted by Crippen LogP contribution is 2.20. The van der Waals surface area contributed by atoms with E-state index in [2.05, 4.69) is 48.5 Å². The number of aryl methyl sites for hydroxylation is 1. The highest BCUT2D eigenvalue weighted by atomic mass is 16.5. The molecule has 0 N–H and O–H groups in total. The normalized spacial score (nSPS) is 11.2. The molecule has 0 bridgehead atoms. The van der Waals surface area contributed by atoms with Gasteiger partial charge in [0.1, 0.15) is 0 Å². The predicted molar refractivity (Wildman–Crippen MR) is 137 cm³/mol. The van der Waals surface area contributed by atoms with Gasteiger partial charge in [0.05, 0.1) is 13.2 Å². The van der Waals surface area contributed by atoms with E-state index in [1.807, 2.05) is 37.3 Å². The highest BCUT2D eigenvalue weighted by Gasteiger charge is 2.05. The van der Waals surface area contributed by atoms with E-state index in [1.165, 1.54) is 11.5 Å². The molecule has 0 heterocycles. The third-order valence-corrected chi connectivity index (χ3v) is 5.71. The molecule has 4 heteroatoms. The van der Waals surface area contributed by atoms with E-state index in [4.69, 9.17) is 9.47 Å². The molecule has 0 atom stereocenters. The number of rotatable bonds is 9. The van der Waals surface area contributed by atoms with Crippen LogP contribution in [-0.4, -0.2) is 25.2 Å². The topological polar surface area (TPSA) is 52.6 Å². The van der Waals surface area contributed by atoms with Crippen LogP contribution in [0.3, 0.4) is 0 Å². The minimum Gasteiger partial charge on any atom is -0.466 e. The molecule has 4 aromatic carbocycles. The summed E-state index contributed by atoms with van der Waals surface area (Å²) in [7, 11) is 0. The van der Waals surface area contributed by atoms with Crippen LogP contribution < -0.4 is 0 Å². The zero-order valence-corrected chi connectivity index (χ0v) is 19.3. The molecule has 0 saturated carbocycles. The first-order valence-electron chi connectivity index (χ1n) is 11.6. The van der Waals surface area contributed by atoms with Crippen molar-refractivity contribution in [3.8, 4) is 0 Å². The van der Waals surface area contributed by atoms with E-state index in [-0.39, 0.29) is 11.9 Å². The Morgan fingerprint density at radius 2 is 1.41 bits per heavy atom. The van der Waals surface area contributed by atoms with E-state index in [1.54, 1.807) is 6.08 Å². The fourth-order valence-electron chi connectivity index (χ4n) is 3.93. The van der Waals surface area contributed by atoms with Gasteiger partial charge in [-0.05, 0) is 63.7 Å². The molecule has 0 amide bonds. The number of benzene rings is 4. The van der Waals surface area contributed by atoms with Crippen molar-refractivity contribution >= 4 is 39.6 Å². The summed E-state index contributed by atoms with van der Waals surface area (Å²) in [6.45, 7) is 2.53. The van der Waals surface area contributed by atoms with Gasteiger partial charge in [-0.1, -0.05) is 72.8 Å². The van der Waals surface area contributed by atoms with Gasteiger partial charge < -0.3 is 9.47 Å². The number of fused-ring (bicyclic) bond motifs is 2. The maximum absolute atomic E-state index is 12.2. The van der Waals surface area contributed by atoms with Crippen LogP contribution >= 0.6 is 0 Å². The molecule has 4 aromatic rings. The zero-order chi connectivity index (χ0) is 23.8. The van der Waals surface area contributed by atoms with Gasteiger partial charge in [0.25, 0.3) is 0 Å². The second-order valence-corrected chi connectivity index (χ2v) is 8.18. The standard InChI is InChI=1S/C30H28O4/c1-2-33-29(31)15-10-23-8-13-26-14-9-24(21-28(26)20-23)17-18-34-30(32)16-11-22-7-12-25-5-3-4-6-27(25)19-22/h3-9,11-14,16,19-21H,2,10,15,17-18H2,1H3. The van der Waals surface area contributed by atoms with Crippen molar-refractivity contribution in [1.29, 1.82) is 0 Å². The van der Waals surface area contributed by atoms with Gasteiger partial charge >= 0.3 is 11.9 Å². The fraction of sp³-hybridized carbons (Fsp3) is 0.200. The summed E-state index contributed by atoms with van der Waals surface area (Å²) in [5.74, 6) is -0.525. The smallest absolute Gasteiger partial charge is 0.330 e. The van der Waals surface area contributed by atoms with Gasteiger partial charge in [-0.25, -0.2) is 4.79 Å². The first-order chi connectivity index (χ1) is 16.6. The zero-order valence-electron chi connectivity index (χ0n) is 19.3. The number of carbonyl (C=O) groups is 2. The Morgan fingerprint density at radius 3 is 2.18 bits per heavy atom. The van der Waals surface area contributed by atoms with Crippen LogP contribution in [0.1, 0.15) is 30.0 Å². The van der Waals surface area contributed by atoms with E-state index < -0.39 is 0 Å². The Balaban J connectivity index is 1.31. The molecule has 0 spiro atoms. The van der Waals surface area contributed by atoms with Crippen molar-refractivity contribution < 1.29 is 19.1 Å². The number of ether oxygens (including phenoxy) is 2. The molecule has 4 rings (SSSR count). The minimum absolute atomic E-state index is 0.173. The van der Waals surface area contributed by atoms with Gasteiger partial charge in [-0.2, -0.15) is 0 Å². The van der Waals surface area contributed by atoms with Gasteiger partial charge in [0.2, 0.25) is 0 Å². The molecule has 0 fully saturated rings. The largest absolute Gasteiger partial charge is 0.466 e. The number of carbonyl (C=O) groups excluding carboxylic acids is 2. The fourth-order valence-corrected chi connectivity index (χ4v) is 3.93. The molecule has 0 aromatic heterocycles. The summed E-state index contributed by atoms with van der Waals surface area (Å²) in [4.78, 5) is 23.8. The second-order valence-electron chi connectivity index (χ2n) is 8.18. The molecule has 0 aliphatic carbocycles. The Hall–Kier alpha value is -3.92. The first-order valence-corrected chi connectivity index (χ1v) is 11.6. The van der Waals surface area contributed by atoms with E-state index >= 15 is 0 Å². The first kappa shape index (κ1) is 23.2. The molecule has 0 unspecified atom stereocenters. The van der Waals surface area contributed by atoms with Crippen molar-refractivity contribution in [2.24, 2.45) is 0 Å². The van der Waals surface area contributed by atoms with Crippen molar-refractivity contribution in [2.45, 2.75) is 26.2 Å². The van der Waals surface area contributed by atoms with Crippen LogP contribution in [0.2, 0.25) is 0 Å². The van der Waals surface area contributed by atoms with Gasteiger partial charge in [0.15, 0.2) is 0 Å². The van der Waals surface area contributed by atoms with Crippen LogP contribution in [0.25, 0.3) is 27.6 Å². The van der Waals surface area contributed by atoms with Gasteiger partial charge in [-0.15, -0.1) is 0 Å². The lowest BCUT2D eigenvalue weighted by molar-refractivity contribution is -0.143. The molecule has 172 valence electrons. The molecule has 0 aliphatic rings. The summed E-state index contributed by atoms with van der Waals surface area (Å²) in [5, 5.41) is 4.56. The average Bonchev–Trinajstić information content (AvgIpc) is 2.86. The second kappa shape index (κ2) is 11.3. The molecule has 0 aliphatic heterocycles. The molecule has 34 heavy (non-hydrogen) atoms. The average molecular weight is 453 g/mol. The maximum atomic E-state index is 12.2. The lowest BCUT2D eigenvalue weighted by Gasteiger charge is -2.07. The van der Waals surface area contributed by atoms with Gasteiger partial charge in [-0.3, -0.25) is 4.79 Å². The lowest BCUT2D eigenvalue weighted by atomic mass is 10.0. The van der Waals surface area contributed by atoms with E-state index in [9.17, 15) is 9.59 Å². The summed E-state index contributed by atoms with van der Waals surface area (Å²) in [5.41, 5.74) is 3.16. The summed E-state index contributed by atoms with van der Waals surface area (Å²) in [6.07, 6.45) is 4.92. The molecular weight excluding hydrogens is 424 g/mol. The third-order valence-electron chi connectivity index (χ3n) is 5.71. The monoisotopic (exact) mass is 452 g/mol. The Kier molecular flexibility index (Phi) is 7.71. The number of esters is 2.